The van der Waals surface area contributed by atoms with Gasteiger partial charge in [0.15, 0.2) is 11.5 Å². The third-order valence-corrected chi connectivity index (χ3v) is 4.99. The molecule has 2 heterocycles. The van der Waals surface area contributed by atoms with Gasteiger partial charge in [-0.2, -0.15) is 0 Å². The van der Waals surface area contributed by atoms with Crippen molar-refractivity contribution >= 4 is 23.3 Å². The van der Waals surface area contributed by atoms with Crippen LogP contribution in [-0.4, -0.2) is 62.0 Å². The Labute approximate surface area is 168 Å². The molecule has 1 N–H and O–H groups in total. The number of piperazine rings is 1. The van der Waals surface area contributed by atoms with Crippen LogP contribution in [0.15, 0.2) is 48.5 Å². The number of anilines is 1. The van der Waals surface area contributed by atoms with E-state index in [1.165, 1.54) is 12.1 Å². The summed E-state index contributed by atoms with van der Waals surface area (Å²) < 4.78 is 10.4. The smallest absolute Gasteiger partial charge is 0.292 e. The number of hydrogen-bond donors (Lipinski definition) is 1. The van der Waals surface area contributed by atoms with Gasteiger partial charge in [-0.25, -0.2) is 0 Å². The molecule has 0 saturated carbocycles. The highest BCUT2D eigenvalue weighted by molar-refractivity contribution is 6.43. The quantitative estimate of drug-likeness (QED) is 0.602. The number of nitrogens with one attached hydrogen (secondary N) is 1. The van der Waals surface area contributed by atoms with Gasteiger partial charge in [-0.3, -0.25) is 14.4 Å². The lowest BCUT2D eigenvalue weighted by Gasteiger charge is -2.36. The molecule has 2 aromatic rings. The largest absolute Gasteiger partial charge is 0.454 e. The van der Waals surface area contributed by atoms with E-state index in [-0.39, 0.29) is 24.8 Å². The summed E-state index contributed by atoms with van der Waals surface area (Å²) in [6.45, 7) is 2.46. The van der Waals surface area contributed by atoms with Crippen molar-refractivity contribution in [3.05, 3.63) is 54.1 Å². The van der Waals surface area contributed by atoms with Gasteiger partial charge in [-0.1, -0.05) is 18.2 Å². The van der Waals surface area contributed by atoms with Gasteiger partial charge in [0, 0.05) is 37.4 Å². The molecule has 0 unspecified atom stereocenters. The normalized spacial score (nSPS) is 15.2. The molecule has 2 amide bonds. The van der Waals surface area contributed by atoms with E-state index in [0.29, 0.717) is 24.6 Å². The number of amides is 2. The monoisotopic (exact) mass is 395 g/mol. The maximum Gasteiger partial charge on any atom is 0.292 e. The first kappa shape index (κ1) is 18.8. The number of benzene rings is 2. The van der Waals surface area contributed by atoms with E-state index < -0.39 is 11.7 Å². The maximum absolute atomic E-state index is 12.4. The zero-order valence-electron chi connectivity index (χ0n) is 15.8. The maximum atomic E-state index is 12.4. The van der Waals surface area contributed by atoms with Gasteiger partial charge in [0.1, 0.15) is 0 Å². The highest BCUT2D eigenvalue weighted by atomic mass is 16.7. The van der Waals surface area contributed by atoms with Crippen LogP contribution in [0.4, 0.5) is 5.69 Å². The number of para-hydroxylation sites is 1. The number of nitrogens with zero attached hydrogens (tertiary/aromatic N) is 2. The van der Waals surface area contributed by atoms with E-state index in [4.69, 9.17) is 9.47 Å². The van der Waals surface area contributed by atoms with Crippen molar-refractivity contribution < 1.29 is 23.9 Å². The first-order chi connectivity index (χ1) is 14.1. The highest BCUT2D eigenvalue weighted by Crippen LogP contribution is 2.32. The molecule has 0 aliphatic carbocycles. The predicted octanol–water partition coefficient (Wildman–Crippen LogP) is 1.06. The van der Waals surface area contributed by atoms with Crippen LogP contribution in [0.5, 0.6) is 11.5 Å². The average molecular weight is 395 g/mol. The molecule has 0 spiro atoms. The van der Waals surface area contributed by atoms with Gasteiger partial charge in [0.2, 0.25) is 18.5 Å². The summed E-state index contributed by atoms with van der Waals surface area (Å²) in [6.07, 6.45) is 0. The summed E-state index contributed by atoms with van der Waals surface area (Å²) in [6, 6.07) is 14.6. The van der Waals surface area contributed by atoms with Crippen LogP contribution in [0, 0.1) is 0 Å². The average Bonchev–Trinajstić information content (AvgIpc) is 3.25. The Kier molecular flexibility index (Phi) is 5.33. The van der Waals surface area contributed by atoms with Crippen molar-refractivity contribution in [2.24, 2.45) is 0 Å². The minimum Gasteiger partial charge on any atom is -0.454 e. The van der Waals surface area contributed by atoms with Crippen LogP contribution < -0.4 is 19.7 Å². The van der Waals surface area contributed by atoms with E-state index in [1.807, 2.05) is 30.3 Å². The fourth-order valence-electron chi connectivity index (χ4n) is 3.37. The number of carbonyl (C=O) groups is 3. The zero-order valence-corrected chi connectivity index (χ0v) is 15.8. The van der Waals surface area contributed by atoms with Gasteiger partial charge in [0.25, 0.3) is 5.91 Å². The van der Waals surface area contributed by atoms with E-state index in [2.05, 4.69) is 10.2 Å². The minimum atomic E-state index is -0.819. The molecule has 8 nitrogen and oxygen atoms in total. The van der Waals surface area contributed by atoms with Crippen LogP contribution >= 0.6 is 0 Å². The van der Waals surface area contributed by atoms with Crippen LogP contribution in [0.3, 0.4) is 0 Å². The summed E-state index contributed by atoms with van der Waals surface area (Å²) in [5.41, 5.74) is 1.32. The molecule has 29 heavy (non-hydrogen) atoms. The highest BCUT2D eigenvalue weighted by Gasteiger charge is 2.24. The fraction of sp³-hybridized carbons (Fsp3) is 0.286. The van der Waals surface area contributed by atoms with Crippen LogP contribution in [0.2, 0.25) is 0 Å². The van der Waals surface area contributed by atoms with Gasteiger partial charge < -0.3 is 24.6 Å². The van der Waals surface area contributed by atoms with E-state index in [9.17, 15) is 14.4 Å². The summed E-state index contributed by atoms with van der Waals surface area (Å²) in [5, 5.41) is 2.42. The molecular formula is C21H21N3O5. The molecule has 150 valence electrons. The topological polar surface area (TPSA) is 88.2 Å². The van der Waals surface area contributed by atoms with Crippen LogP contribution in [0.1, 0.15) is 10.4 Å². The van der Waals surface area contributed by atoms with Crippen molar-refractivity contribution in [1.82, 2.24) is 10.2 Å². The molecular weight excluding hydrogens is 374 g/mol. The second kappa shape index (κ2) is 8.22. The third kappa shape index (κ3) is 4.16. The summed E-state index contributed by atoms with van der Waals surface area (Å²) in [5.74, 6) is -0.780. The Bertz CT molecular complexity index is 923. The van der Waals surface area contributed by atoms with Gasteiger partial charge in [0.05, 0.1) is 6.54 Å². The zero-order chi connectivity index (χ0) is 20.2. The Balaban J connectivity index is 1.26. The third-order valence-electron chi connectivity index (χ3n) is 4.99. The van der Waals surface area contributed by atoms with Gasteiger partial charge >= 0.3 is 0 Å². The van der Waals surface area contributed by atoms with Crippen LogP contribution in [-0.2, 0) is 9.59 Å². The Morgan fingerprint density at radius 1 is 0.897 bits per heavy atom. The molecule has 4 rings (SSSR count). The lowest BCUT2D eigenvalue weighted by atomic mass is 10.1. The lowest BCUT2D eigenvalue weighted by Crippen LogP contribution is -2.51. The number of hydrogen-bond acceptors (Lipinski definition) is 6. The number of rotatable bonds is 5. The number of carbonyl (C=O) groups excluding carboxylic acids is 3. The lowest BCUT2D eigenvalue weighted by molar-refractivity contribution is -0.132. The van der Waals surface area contributed by atoms with Crippen LogP contribution in [0.25, 0.3) is 0 Å². The van der Waals surface area contributed by atoms with E-state index in [1.54, 1.807) is 11.0 Å². The molecule has 0 atom stereocenters. The molecule has 1 fully saturated rings. The van der Waals surface area contributed by atoms with Gasteiger partial charge in [-0.05, 0) is 30.3 Å². The summed E-state index contributed by atoms with van der Waals surface area (Å²) >= 11 is 0. The van der Waals surface area contributed by atoms with Crippen molar-refractivity contribution in [1.29, 1.82) is 0 Å². The molecule has 8 heteroatoms. The molecule has 2 aliphatic rings. The summed E-state index contributed by atoms with van der Waals surface area (Å²) in [7, 11) is 0. The minimum absolute atomic E-state index is 0.0885. The Morgan fingerprint density at radius 3 is 2.38 bits per heavy atom. The van der Waals surface area contributed by atoms with Crippen molar-refractivity contribution in [2.75, 3.05) is 44.4 Å². The Hall–Kier alpha value is -3.55. The standard InChI is InChI=1S/C21H21N3O5/c25-19(24-10-8-23(9-11-24)16-4-2-1-3-5-16)13-22-21(27)20(26)15-6-7-17-18(12-15)29-14-28-17/h1-7,12H,8-11,13-14H2,(H,22,27). The molecule has 1 saturated heterocycles. The van der Waals surface area contributed by atoms with Crippen molar-refractivity contribution in [3.63, 3.8) is 0 Å². The fourth-order valence-corrected chi connectivity index (χ4v) is 3.37. The summed E-state index contributed by atoms with van der Waals surface area (Å²) in [4.78, 5) is 40.8. The second-order valence-electron chi connectivity index (χ2n) is 6.78. The molecule has 0 aromatic heterocycles. The van der Waals surface area contributed by atoms with Crippen molar-refractivity contribution in [2.45, 2.75) is 0 Å². The molecule has 0 radical (unpaired) electrons. The first-order valence-corrected chi connectivity index (χ1v) is 9.42. The molecule has 2 aromatic carbocycles. The number of ether oxygens (including phenoxy) is 2. The number of fused-ring (bicyclic) bond motifs is 1. The van der Waals surface area contributed by atoms with Gasteiger partial charge in [-0.15, -0.1) is 0 Å². The van der Waals surface area contributed by atoms with E-state index >= 15 is 0 Å². The predicted molar refractivity (Wildman–Crippen MR) is 105 cm³/mol. The van der Waals surface area contributed by atoms with E-state index in [0.717, 1.165) is 18.8 Å². The number of ketones is 1. The van der Waals surface area contributed by atoms with Crippen molar-refractivity contribution in [3.8, 4) is 11.5 Å². The first-order valence-electron chi connectivity index (χ1n) is 9.42. The molecule has 2 aliphatic heterocycles. The molecule has 0 bridgehead atoms. The SMILES string of the molecule is O=C(NCC(=O)N1CCN(c2ccccc2)CC1)C(=O)c1ccc2c(c1)OCO2. The second-order valence-corrected chi connectivity index (χ2v) is 6.78. The number of Topliss-reactive ketones (excluding diaryl/α,β-unsaturated/α-hetero) is 1. The Morgan fingerprint density at radius 2 is 1.62 bits per heavy atom.